The van der Waals surface area contributed by atoms with Crippen molar-refractivity contribution in [1.82, 2.24) is 4.98 Å². The van der Waals surface area contributed by atoms with Crippen LogP contribution in [0.15, 0.2) is 35.4 Å². The fraction of sp³-hybridized carbons (Fsp3) is 0.235. The van der Waals surface area contributed by atoms with E-state index in [-0.39, 0.29) is 11.7 Å². The van der Waals surface area contributed by atoms with E-state index in [1.165, 1.54) is 11.8 Å². The zero-order valence-electron chi connectivity index (χ0n) is 12.8. The Hall–Kier alpha value is -2.32. The highest BCUT2D eigenvalue weighted by Gasteiger charge is 2.11. The van der Waals surface area contributed by atoms with Crippen LogP contribution in [0.3, 0.4) is 0 Å². The lowest BCUT2D eigenvalue weighted by atomic mass is 10.1. The van der Waals surface area contributed by atoms with E-state index < -0.39 is 0 Å². The van der Waals surface area contributed by atoms with E-state index in [0.717, 1.165) is 22.5 Å². The van der Waals surface area contributed by atoms with Crippen molar-refractivity contribution in [2.45, 2.75) is 25.8 Å². The lowest BCUT2D eigenvalue weighted by Gasteiger charge is -2.11. The lowest BCUT2D eigenvalue weighted by molar-refractivity contribution is -0.113. The summed E-state index contributed by atoms with van der Waals surface area (Å²) in [5.74, 6) is 0.119. The number of nitriles is 1. The number of carbonyl (C=O) groups is 1. The second-order valence-electron chi connectivity index (χ2n) is 5.02. The van der Waals surface area contributed by atoms with Gasteiger partial charge in [-0.25, -0.2) is 4.98 Å². The van der Waals surface area contributed by atoms with Crippen molar-refractivity contribution < 1.29 is 4.79 Å². The molecule has 2 aromatic rings. The van der Waals surface area contributed by atoms with Crippen LogP contribution >= 0.6 is 11.8 Å². The molecule has 0 spiro atoms. The molecule has 5 heteroatoms. The first kappa shape index (κ1) is 16.1. The summed E-state index contributed by atoms with van der Waals surface area (Å²) in [6.07, 6.45) is 0. The summed E-state index contributed by atoms with van der Waals surface area (Å²) in [5, 5.41) is 12.6. The van der Waals surface area contributed by atoms with Gasteiger partial charge in [-0.05, 0) is 44.0 Å². The van der Waals surface area contributed by atoms with Gasteiger partial charge in [0.2, 0.25) is 5.91 Å². The van der Waals surface area contributed by atoms with Gasteiger partial charge < -0.3 is 5.32 Å². The zero-order chi connectivity index (χ0) is 16.1. The van der Waals surface area contributed by atoms with Crippen LogP contribution in [-0.2, 0) is 4.79 Å². The van der Waals surface area contributed by atoms with E-state index in [9.17, 15) is 4.79 Å². The summed E-state index contributed by atoms with van der Waals surface area (Å²) in [6.45, 7) is 5.79. The number of hydrogen-bond acceptors (Lipinski definition) is 4. The third-order valence-electron chi connectivity index (χ3n) is 3.21. The van der Waals surface area contributed by atoms with E-state index in [4.69, 9.17) is 5.26 Å². The molecule has 0 unspecified atom stereocenters. The minimum atomic E-state index is -0.102. The number of aryl methyl sites for hydroxylation is 3. The predicted molar refractivity (Wildman–Crippen MR) is 89.0 cm³/mol. The topological polar surface area (TPSA) is 65.8 Å². The van der Waals surface area contributed by atoms with E-state index in [2.05, 4.69) is 16.4 Å². The number of nitrogens with one attached hydrogen (secondary N) is 1. The van der Waals surface area contributed by atoms with Gasteiger partial charge >= 0.3 is 0 Å². The Labute approximate surface area is 134 Å². The summed E-state index contributed by atoms with van der Waals surface area (Å²) in [4.78, 5) is 16.5. The van der Waals surface area contributed by atoms with Gasteiger partial charge in [0.15, 0.2) is 0 Å². The van der Waals surface area contributed by atoms with Crippen molar-refractivity contribution in [3.05, 3.63) is 52.7 Å². The molecule has 1 aromatic heterocycles. The number of pyridine rings is 1. The number of rotatable bonds is 4. The highest BCUT2D eigenvalue weighted by Crippen LogP contribution is 2.23. The Bertz CT molecular complexity index is 730. The Morgan fingerprint density at radius 2 is 1.91 bits per heavy atom. The van der Waals surface area contributed by atoms with Crippen LogP contribution in [0.2, 0.25) is 0 Å². The molecule has 2 rings (SSSR count). The van der Waals surface area contributed by atoms with Crippen LogP contribution in [0.1, 0.15) is 22.4 Å². The number of para-hydroxylation sites is 1. The molecule has 1 amide bonds. The number of benzene rings is 1. The van der Waals surface area contributed by atoms with Crippen molar-refractivity contribution in [2.75, 3.05) is 11.1 Å². The molecule has 0 bridgehead atoms. The summed E-state index contributed by atoms with van der Waals surface area (Å²) < 4.78 is 0. The van der Waals surface area contributed by atoms with Gasteiger partial charge in [0.1, 0.15) is 11.1 Å². The summed E-state index contributed by atoms with van der Waals surface area (Å²) in [7, 11) is 0. The van der Waals surface area contributed by atoms with Gasteiger partial charge in [0.25, 0.3) is 0 Å². The standard InChI is InChI=1S/C17H17N3OS/c1-11-5-4-6-12(2)16(11)20-15(21)10-22-17-14(9-18)8-7-13(3)19-17/h4-8H,10H2,1-3H3,(H,20,21). The second-order valence-corrected chi connectivity index (χ2v) is 5.98. The zero-order valence-corrected chi connectivity index (χ0v) is 13.6. The number of thioether (sulfide) groups is 1. The monoisotopic (exact) mass is 311 g/mol. The molecule has 0 fully saturated rings. The van der Waals surface area contributed by atoms with Crippen LogP contribution in [0.25, 0.3) is 0 Å². The number of carbonyl (C=O) groups excluding carboxylic acids is 1. The van der Waals surface area contributed by atoms with E-state index in [1.54, 1.807) is 12.1 Å². The largest absolute Gasteiger partial charge is 0.325 e. The van der Waals surface area contributed by atoms with Gasteiger partial charge in [-0.1, -0.05) is 30.0 Å². The van der Waals surface area contributed by atoms with Crippen LogP contribution in [0.4, 0.5) is 5.69 Å². The molecule has 22 heavy (non-hydrogen) atoms. The summed E-state index contributed by atoms with van der Waals surface area (Å²) in [5.41, 5.74) is 4.24. The first-order valence-electron chi connectivity index (χ1n) is 6.88. The molecule has 1 aromatic carbocycles. The van der Waals surface area contributed by atoms with Gasteiger partial charge in [-0.2, -0.15) is 5.26 Å². The van der Waals surface area contributed by atoms with E-state index >= 15 is 0 Å². The molecule has 112 valence electrons. The molecule has 0 atom stereocenters. The van der Waals surface area contributed by atoms with Gasteiger partial charge in [-0.15, -0.1) is 0 Å². The van der Waals surface area contributed by atoms with Crippen molar-refractivity contribution in [1.29, 1.82) is 5.26 Å². The number of amides is 1. The highest BCUT2D eigenvalue weighted by atomic mass is 32.2. The fourth-order valence-electron chi connectivity index (χ4n) is 2.05. The minimum Gasteiger partial charge on any atom is -0.325 e. The molecule has 1 N–H and O–H groups in total. The number of anilines is 1. The molecule has 4 nitrogen and oxygen atoms in total. The average Bonchev–Trinajstić information content (AvgIpc) is 2.49. The predicted octanol–water partition coefficient (Wildman–Crippen LogP) is 3.61. The van der Waals surface area contributed by atoms with E-state index in [0.29, 0.717) is 10.6 Å². The van der Waals surface area contributed by atoms with Crippen molar-refractivity contribution >= 4 is 23.4 Å². The average molecular weight is 311 g/mol. The van der Waals surface area contributed by atoms with Crippen LogP contribution in [0.5, 0.6) is 0 Å². The lowest BCUT2D eigenvalue weighted by Crippen LogP contribution is -2.16. The first-order valence-corrected chi connectivity index (χ1v) is 7.86. The van der Waals surface area contributed by atoms with Gasteiger partial charge in [0, 0.05) is 11.4 Å². The molecule has 0 saturated heterocycles. The molecular formula is C17H17N3OS. The quantitative estimate of drug-likeness (QED) is 0.876. The third-order valence-corrected chi connectivity index (χ3v) is 4.20. The number of hydrogen-bond donors (Lipinski definition) is 1. The maximum absolute atomic E-state index is 12.1. The smallest absolute Gasteiger partial charge is 0.234 e. The summed E-state index contributed by atoms with van der Waals surface area (Å²) >= 11 is 1.28. The number of nitrogens with zero attached hydrogens (tertiary/aromatic N) is 2. The van der Waals surface area contributed by atoms with Crippen molar-refractivity contribution in [3.8, 4) is 6.07 Å². The van der Waals surface area contributed by atoms with E-state index in [1.807, 2.05) is 39.0 Å². The molecular weight excluding hydrogens is 294 g/mol. The molecule has 0 aliphatic carbocycles. The molecule has 0 aliphatic rings. The fourth-order valence-corrected chi connectivity index (χ4v) is 2.87. The van der Waals surface area contributed by atoms with Crippen LogP contribution in [0, 0.1) is 32.1 Å². The van der Waals surface area contributed by atoms with Crippen LogP contribution in [-0.4, -0.2) is 16.6 Å². The first-order chi connectivity index (χ1) is 10.5. The van der Waals surface area contributed by atoms with Crippen molar-refractivity contribution in [2.24, 2.45) is 0 Å². The Morgan fingerprint density at radius 1 is 1.23 bits per heavy atom. The minimum absolute atomic E-state index is 0.102. The molecule has 0 saturated carbocycles. The van der Waals surface area contributed by atoms with Crippen molar-refractivity contribution in [3.63, 3.8) is 0 Å². The molecule has 1 heterocycles. The van der Waals surface area contributed by atoms with Gasteiger partial charge in [0.05, 0.1) is 11.3 Å². The maximum Gasteiger partial charge on any atom is 0.234 e. The Balaban J connectivity index is 2.05. The number of aromatic nitrogens is 1. The SMILES string of the molecule is Cc1ccc(C#N)c(SCC(=O)Nc2c(C)cccc2C)n1. The Morgan fingerprint density at radius 3 is 2.55 bits per heavy atom. The highest BCUT2D eigenvalue weighted by molar-refractivity contribution is 8.00. The van der Waals surface area contributed by atoms with Gasteiger partial charge in [-0.3, -0.25) is 4.79 Å². The Kier molecular flexibility index (Phi) is 5.18. The summed E-state index contributed by atoms with van der Waals surface area (Å²) in [6, 6.07) is 11.5. The normalized spacial score (nSPS) is 10.1. The maximum atomic E-state index is 12.1. The molecule has 0 aliphatic heterocycles. The second kappa shape index (κ2) is 7.10. The molecule has 0 radical (unpaired) electrons. The van der Waals surface area contributed by atoms with Crippen LogP contribution < -0.4 is 5.32 Å². The third kappa shape index (κ3) is 3.86.